The van der Waals surface area contributed by atoms with Crippen LogP contribution in [0.1, 0.15) is 58.8 Å². The summed E-state index contributed by atoms with van der Waals surface area (Å²) < 4.78 is 0. The van der Waals surface area contributed by atoms with Crippen molar-refractivity contribution in [2.75, 3.05) is 19.6 Å². The number of nitrogens with zero attached hydrogens (tertiary/aromatic N) is 1. The van der Waals surface area contributed by atoms with Crippen LogP contribution in [0.2, 0.25) is 0 Å². The van der Waals surface area contributed by atoms with Gasteiger partial charge in [0, 0.05) is 25.2 Å². The first-order chi connectivity index (χ1) is 9.15. The Hall–Kier alpha value is -0.120. The minimum absolute atomic E-state index is 0.201. The van der Waals surface area contributed by atoms with E-state index in [0.29, 0.717) is 6.04 Å². The average molecular weight is 268 g/mol. The van der Waals surface area contributed by atoms with E-state index < -0.39 is 0 Å². The fraction of sp³-hybridized carbons (Fsp3) is 1.00. The molecule has 0 amide bonds. The van der Waals surface area contributed by atoms with Crippen LogP contribution in [0.15, 0.2) is 0 Å². The van der Waals surface area contributed by atoms with Crippen LogP contribution in [-0.4, -0.2) is 47.8 Å². The Balaban J connectivity index is 1.73. The number of nitrogens with one attached hydrogen (secondary N) is 1. The molecule has 0 aliphatic heterocycles. The van der Waals surface area contributed by atoms with E-state index in [0.717, 1.165) is 31.6 Å². The molecule has 3 nitrogen and oxygen atoms in total. The second kappa shape index (κ2) is 7.61. The summed E-state index contributed by atoms with van der Waals surface area (Å²) >= 11 is 0. The van der Waals surface area contributed by atoms with Crippen LogP contribution in [0.5, 0.6) is 0 Å². The molecule has 0 aromatic heterocycles. The summed E-state index contributed by atoms with van der Waals surface area (Å²) in [5.74, 6) is 0.755. The highest BCUT2D eigenvalue weighted by Crippen LogP contribution is 2.24. The summed E-state index contributed by atoms with van der Waals surface area (Å²) in [4.78, 5) is 2.56. The van der Waals surface area contributed by atoms with Crippen molar-refractivity contribution in [2.45, 2.75) is 77.0 Å². The second-order valence-corrected chi connectivity index (χ2v) is 6.95. The lowest BCUT2D eigenvalue weighted by Gasteiger charge is -2.31. The maximum Gasteiger partial charge on any atom is 0.0791 e. The maximum absolute atomic E-state index is 10.2. The van der Waals surface area contributed by atoms with Gasteiger partial charge in [-0.2, -0.15) is 0 Å². The minimum Gasteiger partial charge on any atom is -0.390 e. The zero-order chi connectivity index (χ0) is 13.7. The molecule has 0 aromatic carbocycles. The quantitative estimate of drug-likeness (QED) is 0.674. The first-order valence-electron chi connectivity index (χ1n) is 8.30. The smallest absolute Gasteiger partial charge is 0.0791 e. The van der Waals surface area contributed by atoms with Crippen LogP contribution in [-0.2, 0) is 0 Å². The van der Waals surface area contributed by atoms with Crippen LogP contribution in [0.25, 0.3) is 0 Å². The molecular weight excluding hydrogens is 236 g/mol. The van der Waals surface area contributed by atoms with Gasteiger partial charge < -0.3 is 10.4 Å². The number of rotatable bonds is 9. The van der Waals surface area contributed by atoms with E-state index >= 15 is 0 Å². The number of hydrogen-bond donors (Lipinski definition) is 2. The molecule has 2 fully saturated rings. The predicted molar refractivity (Wildman–Crippen MR) is 80.3 cm³/mol. The summed E-state index contributed by atoms with van der Waals surface area (Å²) in [6.07, 6.45) is 9.06. The maximum atomic E-state index is 10.2. The Morgan fingerprint density at radius 2 is 1.84 bits per heavy atom. The van der Waals surface area contributed by atoms with Gasteiger partial charge in [-0.15, -0.1) is 0 Å². The molecule has 3 heteroatoms. The summed E-state index contributed by atoms with van der Waals surface area (Å²) in [5.41, 5.74) is 0. The molecule has 112 valence electrons. The van der Waals surface area contributed by atoms with Crippen LogP contribution in [0.3, 0.4) is 0 Å². The van der Waals surface area contributed by atoms with Gasteiger partial charge in [0.25, 0.3) is 0 Å². The van der Waals surface area contributed by atoms with E-state index in [1.54, 1.807) is 0 Å². The highest BCUT2D eigenvalue weighted by Gasteiger charge is 2.26. The molecule has 1 unspecified atom stereocenters. The van der Waals surface area contributed by atoms with Crippen molar-refractivity contribution in [1.82, 2.24) is 10.2 Å². The molecule has 0 heterocycles. The van der Waals surface area contributed by atoms with Crippen LogP contribution in [0, 0.1) is 5.92 Å². The van der Waals surface area contributed by atoms with Crippen LogP contribution in [0.4, 0.5) is 0 Å². The summed E-state index contributed by atoms with van der Waals surface area (Å²) in [7, 11) is 0. The van der Waals surface area contributed by atoms with E-state index in [-0.39, 0.29) is 6.10 Å². The van der Waals surface area contributed by atoms with Crippen molar-refractivity contribution < 1.29 is 5.11 Å². The fourth-order valence-electron chi connectivity index (χ4n) is 3.04. The zero-order valence-electron chi connectivity index (χ0n) is 12.8. The third-order valence-electron chi connectivity index (χ3n) is 4.50. The van der Waals surface area contributed by atoms with E-state index in [1.807, 2.05) is 0 Å². The van der Waals surface area contributed by atoms with Crippen molar-refractivity contribution in [3.8, 4) is 0 Å². The van der Waals surface area contributed by atoms with Crippen molar-refractivity contribution in [2.24, 2.45) is 5.92 Å². The standard InChI is InChI=1S/C16H32N2O/c1-13(2)9-10-18(15-5-3-4-6-15)12-16(19)11-17-14-7-8-14/h13-17,19H,3-12H2,1-2H3. The van der Waals surface area contributed by atoms with Gasteiger partial charge in [-0.3, -0.25) is 4.90 Å². The first-order valence-corrected chi connectivity index (χ1v) is 8.30. The predicted octanol–water partition coefficient (Wildman–Crippen LogP) is 2.39. The molecule has 0 saturated heterocycles. The van der Waals surface area contributed by atoms with Crippen LogP contribution < -0.4 is 5.32 Å². The molecule has 0 bridgehead atoms. The molecule has 2 N–H and O–H groups in total. The highest BCUT2D eigenvalue weighted by molar-refractivity contribution is 4.84. The third-order valence-corrected chi connectivity index (χ3v) is 4.50. The Labute approximate surface area is 118 Å². The van der Waals surface area contributed by atoms with Crippen molar-refractivity contribution in [1.29, 1.82) is 0 Å². The van der Waals surface area contributed by atoms with Crippen molar-refractivity contribution >= 4 is 0 Å². The topological polar surface area (TPSA) is 35.5 Å². The summed E-state index contributed by atoms with van der Waals surface area (Å²) in [5, 5.41) is 13.7. The number of hydrogen-bond acceptors (Lipinski definition) is 3. The summed E-state index contributed by atoms with van der Waals surface area (Å²) in [6.45, 7) is 7.37. The third kappa shape index (κ3) is 5.80. The molecule has 2 aliphatic rings. The van der Waals surface area contributed by atoms with E-state index in [1.165, 1.54) is 44.9 Å². The van der Waals surface area contributed by atoms with Crippen LogP contribution >= 0.6 is 0 Å². The van der Waals surface area contributed by atoms with E-state index in [4.69, 9.17) is 0 Å². The van der Waals surface area contributed by atoms with Gasteiger partial charge in [0.1, 0.15) is 0 Å². The zero-order valence-corrected chi connectivity index (χ0v) is 12.8. The van der Waals surface area contributed by atoms with Gasteiger partial charge in [0.2, 0.25) is 0 Å². The molecule has 0 spiro atoms. The molecule has 0 radical (unpaired) electrons. The number of aliphatic hydroxyl groups is 1. The van der Waals surface area contributed by atoms with Crippen molar-refractivity contribution in [3.05, 3.63) is 0 Å². The Morgan fingerprint density at radius 1 is 1.16 bits per heavy atom. The average Bonchev–Trinajstić information content (AvgIpc) is 3.04. The van der Waals surface area contributed by atoms with Gasteiger partial charge in [-0.25, -0.2) is 0 Å². The molecule has 19 heavy (non-hydrogen) atoms. The highest BCUT2D eigenvalue weighted by atomic mass is 16.3. The van der Waals surface area contributed by atoms with Gasteiger partial charge in [-0.1, -0.05) is 26.7 Å². The van der Waals surface area contributed by atoms with Gasteiger partial charge in [0.05, 0.1) is 6.10 Å². The normalized spacial score (nSPS) is 22.6. The fourth-order valence-corrected chi connectivity index (χ4v) is 3.04. The lowest BCUT2D eigenvalue weighted by Crippen LogP contribution is -2.43. The molecule has 2 rings (SSSR count). The van der Waals surface area contributed by atoms with Gasteiger partial charge in [-0.05, 0) is 44.6 Å². The van der Waals surface area contributed by atoms with Crippen molar-refractivity contribution in [3.63, 3.8) is 0 Å². The molecule has 2 aliphatic carbocycles. The first kappa shape index (κ1) is 15.3. The molecule has 1 atom stereocenters. The van der Waals surface area contributed by atoms with E-state index in [9.17, 15) is 5.11 Å². The molecule has 0 aromatic rings. The SMILES string of the molecule is CC(C)CCN(CC(O)CNC1CC1)C1CCCC1. The van der Waals surface area contributed by atoms with Gasteiger partial charge >= 0.3 is 0 Å². The largest absolute Gasteiger partial charge is 0.390 e. The Bertz CT molecular complexity index is 247. The lowest BCUT2D eigenvalue weighted by atomic mass is 10.1. The Kier molecular flexibility index (Phi) is 6.11. The second-order valence-electron chi connectivity index (χ2n) is 6.95. The number of aliphatic hydroxyl groups excluding tert-OH is 1. The minimum atomic E-state index is -0.201. The Morgan fingerprint density at radius 3 is 2.42 bits per heavy atom. The van der Waals surface area contributed by atoms with E-state index in [2.05, 4.69) is 24.1 Å². The van der Waals surface area contributed by atoms with Gasteiger partial charge in [0.15, 0.2) is 0 Å². The monoisotopic (exact) mass is 268 g/mol. The lowest BCUT2D eigenvalue weighted by molar-refractivity contribution is 0.0836. The molecule has 2 saturated carbocycles. The summed E-state index contributed by atoms with van der Waals surface area (Å²) in [6, 6.07) is 1.43. The molecular formula is C16H32N2O.